The number of ether oxygens (including phenoxy) is 1. The van der Waals surface area contributed by atoms with Gasteiger partial charge in [0.1, 0.15) is 0 Å². The van der Waals surface area contributed by atoms with E-state index in [1.807, 2.05) is 6.07 Å². The zero-order valence-electron chi connectivity index (χ0n) is 17.0. The smallest absolute Gasteiger partial charge is 0.290 e. The molecule has 166 valence electrons. The SMILES string of the molecule is CO[C@@H]1C[C@@H](C(=O)NCc2ccn[nH]2)CC[C@H]1NC(=O)CN1CCCC1=O.O=CO. The van der Waals surface area contributed by atoms with Crippen LogP contribution in [0.25, 0.3) is 0 Å². The number of H-pyrrole nitrogens is 1. The highest BCUT2D eigenvalue weighted by molar-refractivity contribution is 5.86. The number of carbonyl (C=O) groups excluding carboxylic acids is 3. The Labute approximate surface area is 174 Å². The standard InChI is InChI=1S/C18H27N5O4.CH2O2/c1-27-15-9-12(18(26)19-10-13-6-7-20-22-13)4-5-14(15)21-16(24)11-23-8-2-3-17(23)25;2-1-3/h6-7,12,14-15H,2-5,8-11H2,1H3,(H,19,26)(H,20,22)(H,21,24);1H,(H,2,3)/t12-,14+,15+;/m0./s1. The van der Waals surface area contributed by atoms with E-state index in [0.717, 1.165) is 12.1 Å². The molecule has 11 heteroatoms. The lowest BCUT2D eigenvalue weighted by Crippen LogP contribution is -2.51. The van der Waals surface area contributed by atoms with Crippen molar-refractivity contribution in [2.45, 2.75) is 50.8 Å². The minimum atomic E-state index is -0.250. The first kappa shape index (κ1) is 23.3. The zero-order valence-corrected chi connectivity index (χ0v) is 17.0. The summed E-state index contributed by atoms with van der Waals surface area (Å²) in [6.07, 6.45) is 4.66. The van der Waals surface area contributed by atoms with Crippen molar-refractivity contribution in [1.29, 1.82) is 0 Å². The summed E-state index contributed by atoms with van der Waals surface area (Å²) in [6, 6.07) is 1.67. The number of aromatic nitrogens is 2. The molecule has 1 saturated heterocycles. The highest BCUT2D eigenvalue weighted by Gasteiger charge is 2.35. The number of likely N-dealkylation sites (tertiary alicyclic amines) is 1. The van der Waals surface area contributed by atoms with E-state index in [1.54, 1.807) is 18.2 Å². The summed E-state index contributed by atoms with van der Waals surface area (Å²) >= 11 is 0. The maximum Gasteiger partial charge on any atom is 0.290 e. The fraction of sp³-hybridized carbons (Fsp3) is 0.632. The first-order valence-corrected chi connectivity index (χ1v) is 9.92. The zero-order chi connectivity index (χ0) is 21.9. The second kappa shape index (κ2) is 11.9. The van der Waals surface area contributed by atoms with Crippen LogP contribution in [0.15, 0.2) is 12.3 Å². The van der Waals surface area contributed by atoms with Crippen molar-refractivity contribution in [2.75, 3.05) is 20.2 Å². The van der Waals surface area contributed by atoms with Crippen molar-refractivity contribution in [2.24, 2.45) is 5.92 Å². The number of aromatic amines is 1. The first-order chi connectivity index (χ1) is 14.5. The van der Waals surface area contributed by atoms with Gasteiger partial charge in [-0.2, -0.15) is 5.10 Å². The fourth-order valence-electron chi connectivity index (χ4n) is 3.80. The van der Waals surface area contributed by atoms with E-state index in [0.29, 0.717) is 38.8 Å². The lowest BCUT2D eigenvalue weighted by Gasteiger charge is -2.35. The summed E-state index contributed by atoms with van der Waals surface area (Å²) in [7, 11) is 1.60. The van der Waals surface area contributed by atoms with Gasteiger partial charge in [0.2, 0.25) is 17.7 Å². The average molecular weight is 423 g/mol. The minimum Gasteiger partial charge on any atom is -0.483 e. The van der Waals surface area contributed by atoms with Crippen LogP contribution >= 0.6 is 0 Å². The first-order valence-electron chi connectivity index (χ1n) is 9.92. The number of nitrogens with zero attached hydrogens (tertiary/aromatic N) is 2. The molecule has 2 heterocycles. The molecule has 2 aliphatic rings. The summed E-state index contributed by atoms with van der Waals surface area (Å²) < 4.78 is 5.54. The minimum absolute atomic E-state index is 0.0147. The lowest BCUT2D eigenvalue weighted by atomic mass is 9.83. The number of carbonyl (C=O) groups is 4. The molecule has 0 bridgehead atoms. The van der Waals surface area contributed by atoms with Crippen LogP contribution in [0.4, 0.5) is 0 Å². The van der Waals surface area contributed by atoms with Crippen LogP contribution in [0.3, 0.4) is 0 Å². The predicted octanol–water partition coefficient (Wildman–Crippen LogP) is -0.351. The molecule has 1 aromatic rings. The lowest BCUT2D eigenvalue weighted by molar-refractivity contribution is -0.134. The molecule has 1 aliphatic carbocycles. The van der Waals surface area contributed by atoms with Gasteiger partial charge in [-0.15, -0.1) is 0 Å². The summed E-state index contributed by atoms with van der Waals surface area (Å²) in [6.45, 7) is 0.903. The third-order valence-corrected chi connectivity index (χ3v) is 5.33. The monoisotopic (exact) mass is 423 g/mol. The molecule has 2 fully saturated rings. The van der Waals surface area contributed by atoms with Crippen molar-refractivity contribution in [1.82, 2.24) is 25.7 Å². The molecule has 0 radical (unpaired) electrons. The van der Waals surface area contributed by atoms with Crippen LogP contribution in [0.1, 0.15) is 37.8 Å². The van der Waals surface area contributed by atoms with E-state index in [4.69, 9.17) is 14.6 Å². The molecule has 1 aromatic heterocycles. The van der Waals surface area contributed by atoms with Gasteiger partial charge in [-0.05, 0) is 31.7 Å². The van der Waals surface area contributed by atoms with Gasteiger partial charge in [0.05, 0.1) is 30.9 Å². The van der Waals surface area contributed by atoms with Crippen LogP contribution in [0, 0.1) is 5.92 Å². The topological polar surface area (TPSA) is 154 Å². The van der Waals surface area contributed by atoms with Gasteiger partial charge < -0.3 is 25.4 Å². The van der Waals surface area contributed by atoms with Crippen LogP contribution in [0.5, 0.6) is 0 Å². The van der Waals surface area contributed by atoms with Crippen LogP contribution in [-0.2, 0) is 30.5 Å². The largest absolute Gasteiger partial charge is 0.483 e. The Morgan fingerprint density at radius 2 is 2.20 bits per heavy atom. The maximum atomic E-state index is 12.4. The van der Waals surface area contributed by atoms with Crippen molar-refractivity contribution in [3.05, 3.63) is 18.0 Å². The van der Waals surface area contributed by atoms with Crippen LogP contribution in [-0.4, -0.2) is 76.7 Å². The molecule has 0 aromatic carbocycles. The number of nitrogens with one attached hydrogen (secondary N) is 3. The summed E-state index contributed by atoms with van der Waals surface area (Å²) in [5.74, 6) is -0.296. The molecule has 0 unspecified atom stereocenters. The molecule has 3 atom stereocenters. The number of carboxylic acid groups (broad SMARTS) is 1. The molecule has 3 amide bonds. The second-order valence-corrected chi connectivity index (χ2v) is 7.28. The molecule has 1 aliphatic heterocycles. The molecular formula is C19H29N5O6. The molecule has 4 N–H and O–H groups in total. The van der Waals surface area contributed by atoms with Gasteiger partial charge >= 0.3 is 0 Å². The van der Waals surface area contributed by atoms with Gasteiger partial charge in [0.25, 0.3) is 6.47 Å². The van der Waals surface area contributed by atoms with E-state index in [1.165, 1.54) is 0 Å². The van der Waals surface area contributed by atoms with E-state index in [-0.39, 0.29) is 48.8 Å². The van der Waals surface area contributed by atoms with Crippen molar-refractivity contribution in [3.63, 3.8) is 0 Å². The molecule has 1 saturated carbocycles. The Kier molecular flexibility index (Phi) is 9.26. The number of amides is 3. The summed E-state index contributed by atoms with van der Waals surface area (Å²) in [5, 5.41) is 19.4. The van der Waals surface area contributed by atoms with Crippen LogP contribution < -0.4 is 10.6 Å². The Hall–Kier alpha value is -2.95. The Morgan fingerprint density at radius 1 is 1.43 bits per heavy atom. The van der Waals surface area contributed by atoms with Gasteiger partial charge in [-0.1, -0.05) is 0 Å². The summed E-state index contributed by atoms with van der Waals surface area (Å²) in [4.78, 5) is 46.3. The Balaban J connectivity index is 0.00000101. The molecule has 3 rings (SSSR count). The van der Waals surface area contributed by atoms with E-state index in [2.05, 4.69) is 20.8 Å². The normalized spacial score (nSPS) is 23.3. The molecular weight excluding hydrogens is 394 g/mol. The number of hydrogen-bond donors (Lipinski definition) is 4. The quantitative estimate of drug-likeness (QED) is 0.437. The van der Waals surface area contributed by atoms with Gasteiger partial charge in [-0.25, -0.2) is 0 Å². The van der Waals surface area contributed by atoms with Crippen molar-refractivity contribution in [3.8, 4) is 0 Å². The maximum absolute atomic E-state index is 12.4. The van der Waals surface area contributed by atoms with E-state index >= 15 is 0 Å². The average Bonchev–Trinajstić information content (AvgIpc) is 3.39. The Bertz CT molecular complexity index is 710. The molecule has 0 spiro atoms. The van der Waals surface area contributed by atoms with Gasteiger partial charge in [0, 0.05) is 32.2 Å². The van der Waals surface area contributed by atoms with E-state index < -0.39 is 0 Å². The number of rotatable bonds is 7. The fourth-order valence-corrected chi connectivity index (χ4v) is 3.80. The predicted molar refractivity (Wildman–Crippen MR) is 105 cm³/mol. The third kappa shape index (κ3) is 6.83. The highest BCUT2D eigenvalue weighted by atomic mass is 16.5. The summed E-state index contributed by atoms with van der Waals surface area (Å²) in [5.41, 5.74) is 0.851. The molecule has 30 heavy (non-hydrogen) atoms. The third-order valence-electron chi connectivity index (χ3n) is 5.33. The van der Waals surface area contributed by atoms with Crippen LogP contribution in [0.2, 0.25) is 0 Å². The number of hydrogen-bond acceptors (Lipinski definition) is 6. The van der Waals surface area contributed by atoms with Crippen molar-refractivity contribution < 1.29 is 29.0 Å². The number of methoxy groups -OCH3 is 1. The van der Waals surface area contributed by atoms with Crippen molar-refractivity contribution >= 4 is 24.2 Å². The van der Waals surface area contributed by atoms with E-state index in [9.17, 15) is 14.4 Å². The second-order valence-electron chi connectivity index (χ2n) is 7.28. The van der Waals surface area contributed by atoms with Gasteiger partial charge in [-0.3, -0.25) is 24.3 Å². The van der Waals surface area contributed by atoms with Gasteiger partial charge in [0.15, 0.2) is 0 Å². The Morgan fingerprint density at radius 3 is 2.80 bits per heavy atom. The highest BCUT2D eigenvalue weighted by Crippen LogP contribution is 2.27. The molecule has 11 nitrogen and oxygen atoms in total.